The molecule has 31 heavy (non-hydrogen) atoms. The molecule has 4 rings (SSSR count). The Balaban J connectivity index is 1.37. The van der Waals surface area contributed by atoms with Crippen LogP contribution >= 0.6 is 0 Å². The zero-order chi connectivity index (χ0) is 22.0. The molecule has 6 nitrogen and oxygen atoms in total. The van der Waals surface area contributed by atoms with Gasteiger partial charge < -0.3 is 14.5 Å². The summed E-state index contributed by atoms with van der Waals surface area (Å²) >= 11 is 0. The van der Waals surface area contributed by atoms with Crippen molar-refractivity contribution in [2.24, 2.45) is 5.92 Å². The number of pyridine rings is 1. The number of alkyl halides is 3. The van der Waals surface area contributed by atoms with Gasteiger partial charge in [0, 0.05) is 31.5 Å². The van der Waals surface area contributed by atoms with E-state index in [-0.39, 0.29) is 24.9 Å². The average Bonchev–Trinajstić information content (AvgIpc) is 3.21. The molecular weight excluding hydrogens is 411 g/mol. The Hall–Kier alpha value is -3.10. The van der Waals surface area contributed by atoms with Crippen LogP contribution in [0, 0.1) is 5.92 Å². The zero-order valence-corrected chi connectivity index (χ0v) is 16.8. The molecule has 0 bridgehead atoms. The van der Waals surface area contributed by atoms with Gasteiger partial charge in [0.05, 0.1) is 11.5 Å². The molecule has 2 aromatic rings. The van der Waals surface area contributed by atoms with E-state index in [4.69, 9.17) is 4.74 Å². The summed E-state index contributed by atoms with van der Waals surface area (Å²) in [7, 11) is 0. The number of carbonyl (C=O) groups excluding carboxylic acids is 2. The Morgan fingerprint density at radius 3 is 2.74 bits per heavy atom. The molecule has 9 heteroatoms. The van der Waals surface area contributed by atoms with Crippen molar-refractivity contribution in [3.8, 4) is 0 Å². The van der Waals surface area contributed by atoms with Gasteiger partial charge in [0.1, 0.15) is 5.82 Å². The maximum Gasteiger partial charge on any atom is 0.419 e. The summed E-state index contributed by atoms with van der Waals surface area (Å²) in [4.78, 5) is 32.1. The number of aromatic nitrogens is 1. The minimum Gasteiger partial charge on any atom is -0.455 e. The van der Waals surface area contributed by atoms with Crippen molar-refractivity contribution in [2.45, 2.75) is 25.4 Å². The Bertz CT molecular complexity index is 980. The van der Waals surface area contributed by atoms with Crippen LogP contribution in [0.25, 0.3) is 0 Å². The summed E-state index contributed by atoms with van der Waals surface area (Å²) in [6.07, 6.45) is -1.46. The van der Waals surface area contributed by atoms with Crippen LogP contribution in [0.4, 0.5) is 24.7 Å². The van der Waals surface area contributed by atoms with E-state index in [1.54, 1.807) is 4.90 Å². The molecule has 0 aliphatic carbocycles. The molecule has 3 heterocycles. The molecule has 2 aliphatic heterocycles. The first-order valence-corrected chi connectivity index (χ1v) is 10.2. The van der Waals surface area contributed by atoms with Crippen LogP contribution in [0.1, 0.15) is 24.0 Å². The number of hydrogen-bond acceptors (Lipinski definition) is 5. The van der Waals surface area contributed by atoms with E-state index in [1.807, 2.05) is 24.3 Å². The highest BCUT2D eigenvalue weighted by Gasteiger charge is 2.37. The summed E-state index contributed by atoms with van der Waals surface area (Å²) in [5.41, 5.74) is 1.06. The van der Waals surface area contributed by atoms with Gasteiger partial charge in [0.2, 0.25) is 0 Å². The number of ether oxygens (including phenoxy) is 1. The fraction of sp³-hybridized carbons (Fsp3) is 0.409. The first-order valence-electron chi connectivity index (χ1n) is 10.2. The predicted molar refractivity (Wildman–Crippen MR) is 108 cm³/mol. The van der Waals surface area contributed by atoms with Gasteiger partial charge in [-0.25, -0.2) is 4.98 Å². The minimum absolute atomic E-state index is 0.0691. The number of fused-ring (bicyclic) bond motifs is 1. The molecular formula is C22H22F3N3O3. The Labute approximate surface area is 177 Å². The molecule has 1 unspecified atom stereocenters. The lowest BCUT2D eigenvalue weighted by molar-refractivity contribution is -0.152. The number of amides is 1. The number of halogens is 3. The van der Waals surface area contributed by atoms with Crippen LogP contribution in [-0.4, -0.2) is 43.1 Å². The fourth-order valence-corrected chi connectivity index (χ4v) is 4.16. The maximum absolute atomic E-state index is 13.3. The van der Waals surface area contributed by atoms with Gasteiger partial charge in [-0.15, -0.1) is 0 Å². The normalized spacial score (nSPS) is 18.6. The molecule has 1 fully saturated rings. The van der Waals surface area contributed by atoms with E-state index in [0.717, 1.165) is 23.7 Å². The third-order valence-electron chi connectivity index (χ3n) is 5.67. The Morgan fingerprint density at radius 1 is 1.13 bits per heavy atom. The molecule has 1 atom stereocenters. The standard InChI is InChI=1S/C22H22F3N3O3/c23-22(24,25)17-7-3-10-26-20(17)27-11-4-6-16(13-27)21(30)31-14-19(29)28-12-9-15-5-1-2-8-18(15)28/h1-3,5,7-8,10,16H,4,6,9,11-14H2. The summed E-state index contributed by atoms with van der Waals surface area (Å²) in [5.74, 6) is -1.68. The van der Waals surface area contributed by atoms with E-state index in [9.17, 15) is 22.8 Å². The van der Waals surface area contributed by atoms with Crippen molar-refractivity contribution in [1.29, 1.82) is 0 Å². The average molecular weight is 433 g/mol. The maximum atomic E-state index is 13.3. The number of anilines is 2. The van der Waals surface area contributed by atoms with Crippen molar-refractivity contribution in [1.82, 2.24) is 4.98 Å². The lowest BCUT2D eigenvalue weighted by atomic mass is 9.98. The van der Waals surface area contributed by atoms with Gasteiger partial charge in [0.25, 0.3) is 5.91 Å². The topological polar surface area (TPSA) is 62.7 Å². The second kappa shape index (κ2) is 8.56. The second-order valence-electron chi connectivity index (χ2n) is 7.69. The van der Waals surface area contributed by atoms with Gasteiger partial charge in [-0.3, -0.25) is 9.59 Å². The third-order valence-corrected chi connectivity index (χ3v) is 5.67. The van der Waals surface area contributed by atoms with Crippen molar-refractivity contribution < 1.29 is 27.5 Å². The highest BCUT2D eigenvalue weighted by atomic mass is 19.4. The van der Waals surface area contributed by atoms with E-state index in [1.165, 1.54) is 17.2 Å². The number of para-hydroxylation sites is 1. The van der Waals surface area contributed by atoms with Crippen molar-refractivity contribution in [3.63, 3.8) is 0 Å². The molecule has 1 saturated heterocycles. The van der Waals surface area contributed by atoms with Crippen LogP contribution in [0.3, 0.4) is 0 Å². The minimum atomic E-state index is -4.53. The summed E-state index contributed by atoms with van der Waals surface area (Å²) in [6, 6.07) is 9.79. The van der Waals surface area contributed by atoms with Crippen LogP contribution in [-0.2, 0) is 26.9 Å². The molecule has 1 aromatic heterocycles. The number of nitrogens with zero attached hydrogens (tertiary/aromatic N) is 3. The Morgan fingerprint density at radius 2 is 1.94 bits per heavy atom. The second-order valence-corrected chi connectivity index (χ2v) is 7.69. The van der Waals surface area contributed by atoms with Crippen molar-refractivity contribution in [3.05, 3.63) is 53.7 Å². The molecule has 0 radical (unpaired) electrons. The number of carbonyl (C=O) groups is 2. The number of rotatable bonds is 4. The fourth-order valence-electron chi connectivity index (χ4n) is 4.16. The molecule has 0 N–H and O–H groups in total. The SMILES string of the molecule is O=C(OCC(=O)N1CCc2ccccc21)C1CCCN(c2ncccc2C(F)(F)F)C1. The smallest absolute Gasteiger partial charge is 0.419 e. The van der Waals surface area contributed by atoms with E-state index in [0.29, 0.717) is 25.9 Å². The van der Waals surface area contributed by atoms with E-state index < -0.39 is 23.6 Å². The number of esters is 1. The van der Waals surface area contributed by atoms with Gasteiger partial charge in [0.15, 0.2) is 6.61 Å². The van der Waals surface area contributed by atoms with Crippen molar-refractivity contribution in [2.75, 3.05) is 36.0 Å². The lowest BCUT2D eigenvalue weighted by Gasteiger charge is -2.33. The van der Waals surface area contributed by atoms with Gasteiger partial charge in [-0.05, 0) is 43.0 Å². The lowest BCUT2D eigenvalue weighted by Crippen LogP contribution is -2.41. The molecule has 164 valence electrons. The zero-order valence-electron chi connectivity index (χ0n) is 16.8. The van der Waals surface area contributed by atoms with Crippen LogP contribution in [0.15, 0.2) is 42.6 Å². The van der Waals surface area contributed by atoms with Gasteiger partial charge >= 0.3 is 12.1 Å². The van der Waals surface area contributed by atoms with Gasteiger partial charge in [-0.2, -0.15) is 13.2 Å². The van der Waals surface area contributed by atoms with Crippen molar-refractivity contribution >= 4 is 23.4 Å². The first kappa shape index (κ1) is 21.1. The quantitative estimate of drug-likeness (QED) is 0.692. The highest BCUT2D eigenvalue weighted by molar-refractivity contribution is 5.97. The number of benzene rings is 1. The van der Waals surface area contributed by atoms with E-state index in [2.05, 4.69) is 4.98 Å². The summed E-state index contributed by atoms with van der Waals surface area (Å²) in [6.45, 7) is 0.584. The monoisotopic (exact) mass is 433 g/mol. The van der Waals surface area contributed by atoms with Gasteiger partial charge in [-0.1, -0.05) is 18.2 Å². The van der Waals surface area contributed by atoms with Crippen LogP contribution in [0.5, 0.6) is 0 Å². The Kier molecular flexibility index (Phi) is 5.84. The first-order chi connectivity index (χ1) is 14.8. The summed E-state index contributed by atoms with van der Waals surface area (Å²) < 4.78 is 45.2. The predicted octanol–water partition coefficient (Wildman–Crippen LogP) is 3.45. The van der Waals surface area contributed by atoms with Crippen LogP contribution in [0.2, 0.25) is 0 Å². The molecule has 0 spiro atoms. The summed E-state index contributed by atoms with van der Waals surface area (Å²) in [5, 5.41) is 0. The highest BCUT2D eigenvalue weighted by Crippen LogP contribution is 2.36. The molecule has 0 saturated carbocycles. The molecule has 1 aromatic carbocycles. The molecule has 2 aliphatic rings. The largest absolute Gasteiger partial charge is 0.455 e. The molecule has 1 amide bonds. The number of piperidine rings is 1. The van der Waals surface area contributed by atoms with E-state index >= 15 is 0 Å². The van der Waals surface area contributed by atoms with Crippen LogP contribution < -0.4 is 9.80 Å². The number of hydrogen-bond donors (Lipinski definition) is 0. The third kappa shape index (κ3) is 4.50.